The number of ether oxygens (including phenoxy) is 3. The molecule has 2 aromatic carbocycles. The van der Waals surface area contributed by atoms with Crippen molar-refractivity contribution in [2.75, 3.05) is 19.0 Å². The molecule has 0 saturated heterocycles. The van der Waals surface area contributed by atoms with Crippen LogP contribution in [0.15, 0.2) is 42.5 Å². The summed E-state index contributed by atoms with van der Waals surface area (Å²) in [7, 11) is 1.61. The monoisotopic (exact) mass is 561 g/mol. The summed E-state index contributed by atoms with van der Waals surface area (Å²) in [4.78, 5) is 47.6. The summed E-state index contributed by atoms with van der Waals surface area (Å²) >= 11 is 1.39. The Bertz CT molecular complexity index is 1570. The third-order valence-electron chi connectivity index (χ3n) is 6.96. The second-order valence-corrected chi connectivity index (χ2v) is 11.0. The van der Waals surface area contributed by atoms with E-state index in [1.165, 1.54) is 18.3 Å². The minimum atomic E-state index is -1.09. The normalized spacial score (nSPS) is 15.2. The van der Waals surface area contributed by atoms with E-state index in [9.17, 15) is 14.4 Å². The van der Waals surface area contributed by atoms with Crippen molar-refractivity contribution >= 4 is 45.2 Å². The molecule has 2 aromatic heterocycles. The Morgan fingerprint density at radius 3 is 2.65 bits per heavy atom. The summed E-state index contributed by atoms with van der Waals surface area (Å²) in [6.07, 6.45) is 1.49. The molecule has 0 fully saturated rings. The summed E-state index contributed by atoms with van der Waals surface area (Å²) in [5, 5.41) is 3.25. The number of nitrogens with zero attached hydrogens (tertiary/aromatic N) is 1. The van der Waals surface area contributed by atoms with Crippen LogP contribution in [-0.2, 0) is 27.1 Å². The molecule has 2 heterocycles. The quantitative estimate of drug-likeness (QED) is 0.262. The van der Waals surface area contributed by atoms with Crippen LogP contribution in [0.2, 0.25) is 0 Å². The molecular formula is C30H31N3O6S. The molecule has 1 aliphatic rings. The van der Waals surface area contributed by atoms with Crippen molar-refractivity contribution in [3.8, 4) is 17.1 Å². The molecule has 208 valence electrons. The van der Waals surface area contributed by atoms with Gasteiger partial charge in [0.15, 0.2) is 6.10 Å². The summed E-state index contributed by atoms with van der Waals surface area (Å²) in [6, 6.07) is 12.5. The molecule has 9 nitrogen and oxygen atoms in total. The van der Waals surface area contributed by atoms with Crippen molar-refractivity contribution in [3.63, 3.8) is 0 Å². The highest BCUT2D eigenvalue weighted by atomic mass is 32.1. The molecule has 40 heavy (non-hydrogen) atoms. The molecular weight excluding hydrogens is 530 g/mol. The Balaban J connectivity index is 1.29. The SMILES string of the molecule is CCOC(=O)c1c(NC(=O)C(C)OC(=O)c2ccc3nc(-c4ccc(OC)cc4)[nH]c3c2)sc2c1CCC(C)C2. The van der Waals surface area contributed by atoms with Gasteiger partial charge in [-0.2, -0.15) is 0 Å². The fraction of sp³-hybridized carbons (Fsp3) is 0.333. The number of aromatic amines is 1. The Kier molecular flexibility index (Phi) is 7.88. The van der Waals surface area contributed by atoms with Gasteiger partial charge in [-0.25, -0.2) is 14.6 Å². The molecule has 2 atom stereocenters. The first kappa shape index (κ1) is 27.4. The molecule has 0 aliphatic heterocycles. The maximum atomic E-state index is 13.0. The Morgan fingerprint density at radius 1 is 1.15 bits per heavy atom. The second-order valence-electron chi connectivity index (χ2n) is 9.86. The zero-order chi connectivity index (χ0) is 28.4. The van der Waals surface area contributed by atoms with Crippen molar-refractivity contribution in [3.05, 3.63) is 64.0 Å². The van der Waals surface area contributed by atoms with Crippen molar-refractivity contribution in [2.45, 2.75) is 46.1 Å². The van der Waals surface area contributed by atoms with E-state index in [0.717, 1.165) is 41.0 Å². The highest BCUT2D eigenvalue weighted by Gasteiger charge is 2.30. The number of amides is 1. The van der Waals surface area contributed by atoms with E-state index >= 15 is 0 Å². The lowest BCUT2D eigenvalue weighted by atomic mass is 9.88. The number of carbonyl (C=O) groups excluding carboxylic acids is 3. The molecule has 0 spiro atoms. The highest BCUT2D eigenvalue weighted by Crippen LogP contribution is 2.40. The van der Waals surface area contributed by atoms with E-state index in [0.29, 0.717) is 33.3 Å². The molecule has 0 bridgehead atoms. The van der Waals surface area contributed by atoms with Gasteiger partial charge in [-0.3, -0.25) is 4.79 Å². The fourth-order valence-electron chi connectivity index (χ4n) is 4.78. The van der Waals surface area contributed by atoms with Crippen LogP contribution in [0.3, 0.4) is 0 Å². The third-order valence-corrected chi connectivity index (χ3v) is 8.13. The predicted molar refractivity (Wildman–Crippen MR) is 153 cm³/mol. The number of fused-ring (bicyclic) bond motifs is 2. The number of thiophene rings is 1. The number of esters is 2. The summed E-state index contributed by atoms with van der Waals surface area (Å²) in [5.41, 5.74) is 3.87. The first-order chi connectivity index (χ1) is 19.3. The van der Waals surface area contributed by atoms with Gasteiger partial charge >= 0.3 is 11.9 Å². The average molecular weight is 562 g/mol. The number of aromatic nitrogens is 2. The summed E-state index contributed by atoms with van der Waals surface area (Å²) < 4.78 is 16.0. The van der Waals surface area contributed by atoms with Gasteiger partial charge in [-0.15, -0.1) is 11.3 Å². The molecule has 2 unspecified atom stereocenters. The minimum Gasteiger partial charge on any atom is -0.497 e. The molecule has 2 N–H and O–H groups in total. The molecule has 4 aromatic rings. The van der Waals surface area contributed by atoms with Gasteiger partial charge in [0.1, 0.15) is 16.6 Å². The number of methoxy groups -OCH3 is 1. The number of nitrogens with one attached hydrogen (secondary N) is 2. The van der Waals surface area contributed by atoms with Crippen LogP contribution in [0, 0.1) is 5.92 Å². The Morgan fingerprint density at radius 2 is 1.93 bits per heavy atom. The van der Waals surface area contributed by atoms with Crippen molar-refractivity contribution in [1.82, 2.24) is 9.97 Å². The fourth-order valence-corrected chi connectivity index (χ4v) is 6.18. The van der Waals surface area contributed by atoms with Gasteiger partial charge in [-0.1, -0.05) is 6.92 Å². The van der Waals surface area contributed by atoms with Gasteiger partial charge < -0.3 is 24.5 Å². The maximum Gasteiger partial charge on any atom is 0.341 e. The van der Waals surface area contributed by atoms with E-state index in [1.54, 1.807) is 32.2 Å². The largest absolute Gasteiger partial charge is 0.497 e. The summed E-state index contributed by atoms with van der Waals surface area (Å²) in [6.45, 7) is 5.67. The van der Waals surface area contributed by atoms with Crippen LogP contribution in [-0.4, -0.2) is 47.6 Å². The molecule has 5 rings (SSSR count). The van der Waals surface area contributed by atoms with Crippen LogP contribution >= 0.6 is 11.3 Å². The number of anilines is 1. The average Bonchev–Trinajstić information content (AvgIpc) is 3.53. The lowest BCUT2D eigenvalue weighted by Crippen LogP contribution is -2.30. The van der Waals surface area contributed by atoms with Gasteiger partial charge in [0, 0.05) is 10.4 Å². The number of H-pyrrole nitrogens is 1. The van der Waals surface area contributed by atoms with Gasteiger partial charge in [0.2, 0.25) is 0 Å². The van der Waals surface area contributed by atoms with Crippen molar-refractivity contribution in [1.29, 1.82) is 0 Å². The second kappa shape index (κ2) is 11.5. The van der Waals surface area contributed by atoms with Crippen molar-refractivity contribution in [2.24, 2.45) is 5.92 Å². The number of benzene rings is 2. The van der Waals surface area contributed by atoms with Crippen molar-refractivity contribution < 1.29 is 28.6 Å². The molecule has 10 heteroatoms. The number of rotatable bonds is 8. The predicted octanol–water partition coefficient (Wildman–Crippen LogP) is 5.79. The summed E-state index contributed by atoms with van der Waals surface area (Å²) in [5.74, 6) is 0.292. The molecule has 0 radical (unpaired) electrons. The lowest BCUT2D eigenvalue weighted by molar-refractivity contribution is -0.123. The lowest BCUT2D eigenvalue weighted by Gasteiger charge is -2.18. The Hall–Kier alpha value is -4.18. The van der Waals surface area contributed by atoms with Crippen LogP contribution in [0.1, 0.15) is 58.3 Å². The van der Waals surface area contributed by atoms with Gasteiger partial charge in [0.05, 0.1) is 35.9 Å². The molecule has 1 aliphatic carbocycles. The first-order valence-corrected chi connectivity index (χ1v) is 14.1. The standard InChI is InChI=1S/C30H31N3O6S/c1-5-38-30(36)25-21-12-6-16(2)14-24(21)40-28(25)33-27(34)17(3)39-29(35)19-9-13-22-23(15-19)32-26(31-22)18-7-10-20(37-4)11-8-18/h7-11,13,15-17H,5-6,12,14H2,1-4H3,(H,31,32)(H,33,34). The van der Waals surface area contributed by atoms with Crippen LogP contribution in [0.25, 0.3) is 22.4 Å². The van der Waals surface area contributed by atoms with Crippen LogP contribution < -0.4 is 10.1 Å². The zero-order valence-corrected chi connectivity index (χ0v) is 23.6. The highest BCUT2D eigenvalue weighted by molar-refractivity contribution is 7.17. The van der Waals surface area contributed by atoms with Gasteiger partial charge in [0.25, 0.3) is 5.91 Å². The van der Waals surface area contributed by atoms with Gasteiger partial charge in [-0.05, 0) is 87.1 Å². The minimum absolute atomic E-state index is 0.240. The van der Waals surface area contributed by atoms with E-state index in [4.69, 9.17) is 14.2 Å². The number of hydrogen-bond donors (Lipinski definition) is 2. The third kappa shape index (κ3) is 5.58. The van der Waals surface area contributed by atoms with E-state index in [2.05, 4.69) is 22.2 Å². The van der Waals surface area contributed by atoms with Crippen LogP contribution in [0.5, 0.6) is 5.75 Å². The Labute approximate surface area is 235 Å². The molecule has 0 saturated carbocycles. The smallest absolute Gasteiger partial charge is 0.341 e. The van der Waals surface area contributed by atoms with Crippen LogP contribution in [0.4, 0.5) is 5.00 Å². The number of hydrogen-bond acceptors (Lipinski definition) is 8. The van der Waals surface area contributed by atoms with E-state index in [-0.39, 0.29) is 12.2 Å². The topological polar surface area (TPSA) is 120 Å². The number of carbonyl (C=O) groups is 3. The van der Waals surface area contributed by atoms with E-state index in [1.807, 2.05) is 24.3 Å². The number of imidazole rings is 1. The van der Waals surface area contributed by atoms with E-state index < -0.39 is 23.9 Å². The first-order valence-electron chi connectivity index (χ1n) is 13.2. The molecule has 1 amide bonds. The zero-order valence-electron chi connectivity index (χ0n) is 22.8. The maximum absolute atomic E-state index is 13.0.